The number of hydrogen-bond acceptors (Lipinski definition) is 4. The Morgan fingerprint density at radius 1 is 1.50 bits per heavy atom. The van der Waals surface area contributed by atoms with Crippen LogP contribution in [-0.4, -0.2) is 42.6 Å². The smallest absolute Gasteiger partial charge is 0.339 e. The van der Waals surface area contributed by atoms with Crippen LogP contribution in [0.15, 0.2) is 16.9 Å². The van der Waals surface area contributed by atoms with E-state index in [2.05, 4.69) is 20.9 Å². The Hall–Kier alpha value is -1.47. The van der Waals surface area contributed by atoms with E-state index in [1.165, 1.54) is 13.3 Å². The lowest BCUT2D eigenvalue weighted by Crippen LogP contribution is -2.26. The summed E-state index contributed by atoms with van der Waals surface area (Å²) >= 11 is 3.27. The molecule has 1 rings (SSSR count). The third kappa shape index (κ3) is 3.51. The molecule has 98 valence electrons. The second-order valence-electron chi connectivity index (χ2n) is 4.57. The molecule has 0 aliphatic heterocycles. The SMILES string of the molecule is COc1ncc(Br)c(C=C[N+](C)(C)C)c1[N+](=O)[O-]. The van der Waals surface area contributed by atoms with Gasteiger partial charge in [0.15, 0.2) is 0 Å². The third-order valence-corrected chi connectivity index (χ3v) is 2.71. The average Bonchev–Trinajstić information content (AvgIpc) is 2.25. The predicted octanol–water partition coefficient (Wildman–Crippen LogP) is 2.44. The lowest BCUT2D eigenvalue weighted by atomic mass is 10.2. The molecule has 0 aromatic carbocycles. The van der Waals surface area contributed by atoms with Crippen LogP contribution in [0.25, 0.3) is 6.08 Å². The van der Waals surface area contributed by atoms with Gasteiger partial charge in [-0.15, -0.1) is 0 Å². The zero-order valence-corrected chi connectivity index (χ0v) is 12.3. The van der Waals surface area contributed by atoms with Gasteiger partial charge in [-0.05, 0) is 15.9 Å². The number of pyridine rings is 1. The Morgan fingerprint density at radius 3 is 2.56 bits per heavy atom. The Bertz CT molecular complexity index is 495. The largest absolute Gasteiger partial charge is 0.476 e. The summed E-state index contributed by atoms with van der Waals surface area (Å²) in [5, 5.41) is 11.1. The summed E-state index contributed by atoms with van der Waals surface area (Å²) < 4.78 is 6.03. The van der Waals surface area contributed by atoms with Crippen LogP contribution in [0.1, 0.15) is 5.56 Å². The van der Waals surface area contributed by atoms with E-state index in [9.17, 15) is 10.1 Å². The molecule has 0 unspecified atom stereocenters. The zero-order chi connectivity index (χ0) is 13.9. The molecule has 0 aliphatic carbocycles. The Balaban J connectivity index is 3.41. The van der Waals surface area contributed by atoms with Gasteiger partial charge in [-0.2, -0.15) is 0 Å². The number of hydrogen-bond donors (Lipinski definition) is 0. The van der Waals surface area contributed by atoms with Gasteiger partial charge < -0.3 is 9.22 Å². The van der Waals surface area contributed by atoms with Crippen molar-refractivity contribution in [1.82, 2.24) is 4.98 Å². The molecule has 0 spiro atoms. The standard InChI is InChI=1S/C11H15BrN3O3/c1-15(2,3)6-5-8-9(12)7-13-11(18-4)10(8)14(16)17/h5-7H,1-4H3/q+1. The maximum absolute atomic E-state index is 11.1. The van der Waals surface area contributed by atoms with Crippen molar-refractivity contribution >= 4 is 27.7 Å². The van der Waals surface area contributed by atoms with Crippen molar-refractivity contribution in [2.24, 2.45) is 0 Å². The van der Waals surface area contributed by atoms with Crippen LogP contribution in [0.3, 0.4) is 0 Å². The number of rotatable bonds is 4. The van der Waals surface area contributed by atoms with E-state index in [0.717, 1.165) is 0 Å². The molecule has 0 aliphatic rings. The quantitative estimate of drug-likeness (QED) is 0.486. The molecule has 1 heterocycles. The molecule has 0 N–H and O–H groups in total. The minimum Gasteiger partial charge on any atom is -0.476 e. The van der Waals surface area contributed by atoms with Crippen molar-refractivity contribution in [1.29, 1.82) is 0 Å². The highest BCUT2D eigenvalue weighted by Crippen LogP contribution is 2.34. The summed E-state index contributed by atoms with van der Waals surface area (Å²) in [5.41, 5.74) is 0.302. The molecule has 0 amide bonds. The summed E-state index contributed by atoms with van der Waals surface area (Å²) in [7, 11) is 7.22. The predicted molar refractivity (Wildman–Crippen MR) is 72.2 cm³/mol. The molecule has 6 nitrogen and oxygen atoms in total. The maximum atomic E-state index is 11.1. The number of methoxy groups -OCH3 is 1. The van der Waals surface area contributed by atoms with Gasteiger partial charge >= 0.3 is 5.69 Å². The van der Waals surface area contributed by atoms with Gasteiger partial charge in [-0.3, -0.25) is 10.1 Å². The van der Waals surface area contributed by atoms with Gasteiger partial charge in [0.1, 0.15) is 0 Å². The van der Waals surface area contributed by atoms with E-state index in [-0.39, 0.29) is 11.6 Å². The molecule has 0 saturated carbocycles. The average molecular weight is 317 g/mol. The fraction of sp³-hybridized carbons (Fsp3) is 0.364. The molecule has 0 bridgehead atoms. The lowest BCUT2D eigenvalue weighted by Gasteiger charge is -2.17. The minimum atomic E-state index is -0.494. The van der Waals surface area contributed by atoms with Crippen LogP contribution < -0.4 is 4.74 Å². The Morgan fingerprint density at radius 2 is 2.11 bits per heavy atom. The van der Waals surface area contributed by atoms with E-state index in [0.29, 0.717) is 14.5 Å². The van der Waals surface area contributed by atoms with Gasteiger partial charge in [0, 0.05) is 12.3 Å². The summed E-state index contributed by atoms with van der Waals surface area (Å²) in [6.07, 6.45) is 5.01. The van der Waals surface area contributed by atoms with Crippen LogP contribution in [0, 0.1) is 10.1 Å². The number of halogens is 1. The molecular formula is C11H15BrN3O3+. The van der Waals surface area contributed by atoms with Crippen molar-refractivity contribution in [3.63, 3.8) is 0 Å². The zero-order valence-electron chi connectivity index (χ0n) is 10.7. The van der Waals surface area contributed by atoms with Gasteiger partial charge in [0.2, 0.25) is 0 Å². The fourth-order valence-electron chi connectivity index (χ4n) is 1.26. The van der Waals surface area contributed by atoms with Gasteiger partial charge in [0.25, 0.3) is 5.88 Å². The molecule has 0 radical (unpaired) electrons. The Kier molecular flexibility index (Phi) is 4.42. The molecule has 18 heavy (non-hydrogen) atoms. The van der Waals surface area contributed by atoms with Crippen LogP contribution in [-0.2, 0) is 0 Å². The molecule has 0 saturated heterocycles. The third-order valence-electron chi connectivity index (χ3n) is 2.07. The second-order valence-corrected chi connectivity index (χ2v) is 5.42. The van der Waals surface area contributed by atoms with Gasteiger partial charge in [-0.25, -0.2) is 4.98 Å². The minimum absolute atomic E-state index is 0.00394. The topological polar surface area (TPSA) is 65.3 Å². The lowest BCUT2D eigenvalue weighted by molar-refractivity contribution is -0.816. The molecule has 0 fully saturated rings. The molecule has 7 heteroatoms. The fourth-order valence-corrected chi connectivity index (χ4v) is 1.68. The first-order valence-electron chi connectivity index (χ1n) is 5.13. The normalized spacial score (nSPS) is 11.8. The molecular weight excluding hydrogens is 302 g/mol. The first-order valence-corrected chi connectivity index (χ1v) is 5.93. The van der Waals surface area contributed by atoms with E-state index in [1.54, 1.807) is 6.08 Å². The van der Waals surface area contributed by atoms with Crippen LogP contribution in [0.5, 0.6) is 5.88 Å². The highest BCUT2D eigenvalue weighted by Gasteiger charge is 2.24. The van der Waals surface area contributed by atoms with Crippen molar-refractivity contribution in [3.05, 3.63) is 32.5 Å². The molecule has 1 aromatic heterocycles. The number of nitro groups is 1. The highest BCUT2D eigenvalue weighted by atomic mass is 79.9. The van der Waals surface area contributed by atoms with Crippen LogP contribution >= 0.6 is 15.9 Å². The Labute approximate surface area is 114 Å². The highest BCUT2D eigenvalue weighted by molar-refractivity contribution is 9.10. The summed E-state index contributed by atoms with van der Waals surface area (Å²) in [6, 6.07) is 0. The first-order chi connectivity index (χ1) is 8.26. The number of nitrogens with zero attached hydrogens (tertiary/aromatic N) is 3. The summed E-state index contributed by atoms with van der Waals surface area (Å²) in [4.78, 5) is 14.5. The number of ether oxygens (including phenoxy) is 1. The maximum Gasteiger partial charge on any atom is 0.339 e. The van der Waals surface area contributed by atoms with Gasteiger partial charge in [-0.1, -0.05) is 0 Å². The second kappa shape index (κ2) is 5.45. The number of quaternary nitrogens is 1. The first kappa shape index (κ1) is 14.6. The monoisotopic (exact) mass is 316 g/mol. The number of aromatic nitrogens is 1. The van der Waals surface area contributed by atoms with E-state index >= 15 is 0 Å². The van der Waals surface area contributed by atoms with E-state index < -0.39 is 4.92 Å². The van der Waals surface area contributed by atoms with Crippen LogP contribution in [0.2, 0.25) is 0 Å². The van der Waals surface area contributed by atoms with Crippen molar-refractivity contribution < 1.29 is 14.1 Å². The summed E-state index contributed by atoms with van der Waals surface area (Å²) in [5.74, 6) is 0.00394. The molecule has 1 aromatic rings. The summed E-state index contributed by atoms with van der Waals surface area (Å²) in [6.45, 7) is 0. The van der Waals surface area contributed by atoms with E-state index in [1.807, 2.05) is 27.3 Å². The van der Waals surface area contributed by atoms with Crippen molar-refractivity contribution in [3.8, 4) is 5.88 Å². The molecule has 0 atom stereocenters. The van der Waals surface area contributed by atoms with Crippen LogP contribution in [0.4, 0.5) is 5.69 Å². The van der Waals surface area contributed by atoms with Crippen molar-refractivity contribution in [2.45, 2.75) is 0 Å². The van der Waals surface area contributed by atoms with Crippen molar-refractivity contribution in [2.75, 3.05) is 28.3 Å². The van der Waals surface area contributed by atoms with E-state index in [4.69, 9.17) is 4.74 Å². The van der Waals surface area contributed by atoms with Gasteiger partial charge in [0.05, 0.1) is 49.4 Å².